The molecule has 0 aliphatic carbocycles. The van der Waals surface area contributed by atoms with Gasteiger partial charge in [-0.3, -0.25) is 4.90 Å². The molecule has 1 aromatic rings. The Hall–Kier alpha value is -1.63. The molecule has 1 aromatic carbocycles. The second kappa shape index (κ2) is 7.72. The predicted octanol–water partition coefficient (Wildman–Crippen LogP) is 4.08. The maximum atomic E-state index is 12.0. The van der Waals surface area contributed by atoms with Gasteiger partial charge in [-0.1, -0.05) is 57.2 Å². The average molecular weight is 364 g/mol. The first-order valence-corrected chi connectivity index (χ1v) is 11.5. The summed E-state index contributed by atoms with van der Waals surface area (Å²) in [5.41, 5.74) is 0.943. The van der Waals surface area contributed by atoms with Crippen LogP contribution < -0.4 is 0 Å². The van der Waals surface area contributed by atoms with Gasteiger partial charge in [-0.25, -0.2) is 4.79 Å². The number of amides is 1. The number of nitrogens with zero attached hydrogens (tertiary/aromatic N) is 1. The third kappa shape index (κ3) is 4.71. The van der Waals surface area contributed by atoms with Crippen molar-refractivity contribution < 1.29 is 19.1 Å². The maximum absolute atomic E-state index is 12.0. The van der Waals surface area contributed by atoms with E-state index in [1.807, 2.05) is 30.3 Å². The molecule has 0 aromatic heterocycles. The summed E-state index contributed by atoms with van der Waals surface area (Å²) in [7, 11) is -1.83. The lowest BCUT2D eigenvalue weighted by Crippen LogP contribution is -2.41. The monoisotopic (exact) mass is 363 g/mol. The van der Waals surface area contributed by atoms with Crippen molar-refractivity contribution >= 4 is 14.4 Å². The van der Waals surface area contributed by atoms with E-state index in [-0.39, 0.29) is 17.7 Å². The number of rotatable bonds is 6. The first-order valence-electron chi connectivity index (χ1n) is 8.62. The van der Waals surface area contributed by atoms with E-state index in [1.165, 1.54) is 4.90 Å². The average Bonchev–Trinajstić information content (AvgIpc) is 2.93. The van der Waals surface area contributed by atoms with E-state index in [0.717, 1.165) is 5.56 Å². The molecule has 1 heterocycles. The van der Waals surface area contributed by atoms with Gasteiger partial charge < -0.3 is 14.3 Å². The number of carbonyl (C=O) groups is 1. The molecule has 0 saturated carbocycles. The number of carbonyl (C=O) groups excluding carboxylic acids is 1. The van der Waals surface area contributed by atoms with Gasteiger partial charge in [0.2, 0.25) is 0 Å². The van der Waals surface area contributed by atoms with E-state index < -0.39 is 20.6 Å². The lowest BCUT2D eigenvalue weighted by molar-refractivity contribution is 0.0535. The van der Waals surface area contributed by atoms with Crippen molar-refractivity contribution in [1.82, 2.24) is 4.90 Å². The number of aliphatic hydroxyl groups is 1. The van der Waals surface area contributed by atoms with Crippen molar-refractivity contribution in [3.8, 4) is 0 Å². The van der Waals surface area contributed by atoms with Crippen LogP contribution in [0.15, 0.2) is 42.5 Å². The van der Waals surface area contributed by atoms with Gasteiger partial charge in [-0.05, 0) is 29.8 Å². The molecular weight excluding hydrogens is 334 g/mol. The second-order valence-corrected chi connectivity index (χ2v) is 12.6. The number of ether oxygens (including phenoxy) is 1. The summed E-state index contributed by atoms with van der Waals surface area (Å²) in [5.74, 6) is 0. The van der Waals surface area contributed by atoms with Crippen LogP contribution in [0.3, 0.4) is 0 Å². The summed E-state index contributed by atoms with van der Waals surface area (Å²) >= 11 is 0. The Morgan fingerprint density at radius 1 is 1.36 bits per heavy atom. The van der Waals surface area contributed by atoms with Gasteiger partial charge in [-0.2, -0.15) is 0 Å². The smallest absolute Gasteiger partial charge is 0.412 e. The van der Waals surface area contributed by atoms with Crippen LogP contribution in [0, 0.1) is 0 Å². The molecule has 1 unspecified atom stereocenters. The van der Waals surface area contributed by atoms with Gasteiger partial charge in [-0.15, -0.1) is 0 Å². The van der Waals surface area contributed by atoms with Crippen LogP contribution in [0.5, 0.6) is 0 Å². The van der Waals surface area contributed by atoms with E-state index in [9.17, 15) is 9.90 Å². The lowest BCUT2D eigenvalue weighted by atomic mass is 10.1. The first-order chi connectivity index (χ1) is 11.6. The lowest BCUT2D eigenvalue weighted by Gasteiger charge is -2.35. The topological polar surface area (TPSA) is 59.0 Å². The molecule has 6 heteroatoms. The Labute approximate surface area is 151 Å². The van der Waals surface area contributed by atoms with Gasteiger partial charge in [0.15, 0.2) is 14.5 Å². The molecule has 1 aliphatic rings. The quantitative estimate of drug-likeness (QED) is 0.611. The Bertz CT molecular complexity index is 610. The third-order valence-electron chi connectivity index (χ3n) is 5.04. The van der Waals surface area contributed by atoms with E-state index >= 15 is 0 Å². The SMILES string of the molecule is CC(C)(C)[Si](C)(C)OC/C=C/C(O)N1C(=O)OC[C@H]1c1ccccc1. The van der Waals surface area contributed by atoms with Crippen LogP contribution in [0.2, 0.25) is 18.1 Å². The summed E-state index contributed by atoms with van der Waals surface area (Å²) in [6.07, 6.45) is 1.83. The molecule has 1 amide bonds. The molecule has 25 heavy (non-hydrogen) atoms. The van der Waals surface area contributed by atoms with Crippen LogP contribution in [0.25, 0.3) is 0 Å². The van der Waals surface area contributed by atoms with Crippen molar-refractivity contribution in [1.29, 1.82) is 0 Å². The van der Waals surface area contributed by atoms with Crippen molar-refractivity contribution in [2.24, 2.45) is 0 Å². The zero-order chi connectivity index (χ0) is 18.7. The van der Waals surface area contributed by atoms with Gasteiger partial charge in [0.05, 0.1) is 12.6 Å². The Morgan fingerprint density at radius 2 is 2.00 bits per heavy atom. The normalized spacial score (nSPS) is 20.2. The molecule has 1 saturated heterocycles. The molecular formula is C19H29NO4Si. The fourth-order valence-corrected chi connectivity index (χ4v) is 3.35. The van der Waals surface area contributed by atoms with Gasteiger partial charge in [0.1, 0.15) is 6.61 Å². The van der Waals surface area contributed by atoms with E-state index in [1.54, 1.807) is 12.2 Å². The minimum Gasteiger partial charge on any atom is -0.447 e. The molecule has 1 fully saturated rings. The Morgan fingerprint density at radius 3 is 2.60 bits per heavy atom. The zero-order valence-electron chi connectivity index (χ0n) is 15.7. The second-order valence-electron chi connectivity index (χ2n) is 7.82. The number of aliphatic hydroxyl groups excluding tert-OH is 1. The molecule has 2 rings (SSSR count). The standard InChI is InChI=1S/C19H29NO4Si/c1-19(2,3)25(4,5)24-13-9-12-17(21)20-16(14-23-18(20)22)15-10-7-6-8-11-15/h6-12,16-17,21H,13-14H2,1-5H3/b12-9+/t16-,17?/m0/s1. The highest BCUT2D eigenvalue weighted by atomic mass is 28.4. The van der Waals surface area contributed by atoms with Crippen LogP contribution >= 0.6 is 0 Å². The van der Waals surface area contributed by atoms with Crippen LogP contribution in [-0.4, -0.2) is 43.9 Å². The molecule has 138 valence electrons. The molecule has 1 aliphatic heterocycles. The minimum atomic E-state index is -1.83. The summed E-state index contributed by atoms with van der Waals surface area (Å²) < 4.78 is 11.2. The number of hydrogen-bond donors (Lipinski definition) is 1. The van der Waals surface area contributed by atoms with Gasteiger partial charge in [0, 0.05) is 0 Å². The summed E-state index contributed by atoms with van der Waals surface area (Å²) in [6.45, 7) is 11.6. The summed E-state index contributed by atoms with van der Waals surface area (Å²) in [4.78, 5) is 13.4. The molecule has 1 N–H and O–H groups in total. The van der Waals surface area contributed by atoms with E-state index in [2.05, 4.69) is 33.9 Å². The largest absolute Gasteiger partial charge is 0.447 e. The Kier molecular flexibility index (Phi) is 6.08. The summed E-state index contributed by atoms with van der Waals surface area (Å²) in [6, 6.07) is 9.30. The zero-order valence-corrected chi connectivity index (χ0v) is 16.7. The highest BCUT2D eigenvalue weighted by Crippen LogP contribution is 2.36. The predicted molar refractivity (Wildman–Crippen MR) is 101 cm³/mol. The highest BCUT2D eigenvalue weighted by molar-refractivity contribution is 6.74. The molecule has 5 nitrogen and oxygen atoms in total. The van der Waals surface area contributed by atoms with Crippen LogP contribution in [-0.2, 0) is 9.16 Å². The fraction of sp³-hybridized carbons (Fsp3) is 0.526. The number of cyclic esters (lactones) is 1. The van der Waals surface area contributed by atoms with Gasteiger partial charge in [0.25, 0.3) is 0 Å². The minimum absolute atomic E-state index is 0.136. The maximum Gasteiger partial charge on any atom is 0.412 e. The van der Waals surface area contributed by atoms with Crippen molar-refractivity contribution in [2.75, 3.05) is 13.2 Å². The molecule has 2 atom stereocenters. The van der Waals surface area contributed by atoms with Gasteiger partial charge >= 0.3 is 6.09 Å². The van der Waals surface area contributed by atoms with Crippen LogP contribution in [0.1, 0.15) is 32.4 Å². The van der Waals surface area contributed by atoms with Crippen molar-refractivity contribution in [3.05, 3.63) is 48.0 Å². The number of benzene rings is 1. The highest BCUT2D eigenvalue weighted by Gasteiger charge is 2.38. The van der Waals surface area contributed by atoms with Crippen LogP contribution in [0.4, 0.5) is 4.79 Å². The first kappa shape index (κ1) is 19.7. The summed E-state index contributed by atoms with van der Waals surface area (Å²) in [5, 5.41) is 10.6. The molecule has 0 radical (unpaired) electrons. The molecule has 0 bridgehead atoms. The Balaban J connectivity index is 1.99. The van der Waals surface area contributed by atoms with Crippen molar-refractivity contribution in [2.45, 2.75) is 51.2 Å². The van der Waals surface area contributed by atoms with Crippen molar-refractivity contribution in [3.63, 3.8) is 0 Å². The van der Waals surface area contributed by atoms with E-state index in [4.69, 9.17) is 9.16 Å². The third-order valence-corrected chi connectivity index (χ3v) is 9.54. The number of hydrogen-bond acceptors (Lipinski definition) is 4. The fourth-order valence-electron chi connectivity index (χ4n) is 2.40. The van der Waals surface area contributed by atoms with E-state index in [0.29, 0.717) is 6.61 Å². The molecule has 0 spiro atoms.